The second kappa shape index (κ2) is 8.06. The number of aliphatic hydroxyl groups excluding tert-OH is 1. The maximum absolute atomic E-state index is 12.4. The molecule has 3 rings (SSSR count). The third-order valence-corrected chi connectivity index (χ3v) is 4.56. The minimum absolute atomic E-state index is 0.0179. The van der Waals surface area contributed by atoms with Crippen LogP contribution in [0.4, 0.5) is 5.69 Å². The highest BCUT2D eigenvalue weighted by molar-refractivity contribution is 6.35. The Morgan fingerprint density at radius 3 is 2.20 bits per heavy atom. The fourth-order valence-electron chi connectivity index (χ4n) is 2.81. The topological polar surface area (TPSA) is 55.8 Å². The van der Waals surface area contributed by atoms with Gasteiger partial charge in [0.15, 0.2) is 6.35 Å². The lowest BCUT2D eigenvalue weighted by atomic mass is 10.2. The molecule has 1 unspecified atom stereocenters. The molecule has 1 heterocycles. The number of anilines is 1. The molecule has 0 radical (unpaired) electrons. The number of hydrogen-bond acceptors (Lipinski definition) is 4. The van der Waals surface area contributed by atoms with Crippen molar-refractivity contribution >= 4 is 34.8 Å². The van der Waals surface area contributed by atoms with Crippen molar-refractivity contribution in [2.75, 3.05) is 31.5 Å². The molecule has 1 amide bonds. The Morgan fingerprint density at radius 2 is 1.60 bits per heavy atom. The third-order valence-electron chi connectivity index (χ3n) is 4.13. The number of nitrogens with one attached hydrogen (secondary N) is 1. The fraction of sp³-hybridized carbons (Fsp3) is 0.278. The molecule has 1 aliphatic heterocycles. The minimum atomic E-state index is -0.872. The standard InChI is InChI=1S/C18H19Cl2N3O2/c19-14-10-15(20)12-16(11-14)21-18(25)23-8-6-22(7-9-23)17(24)13-4-2-1-3-5-13/h1-5,10-12,18,21,25H,6-9H2. The largest absolute Gasteiger partial charge is 0.361 e. The monoisotopic (exact) mass is 379 g/mol. The highest BCUT2D eigenvalue weighted by Gasteiger charge is 2.25. The number of aliphatic hydroxyl groups is 1. The van der Waals surface area contributed by atoms with E-state index in [0.29, 0.717) is 47.5 Å². The second-order valence-electron chi connectivity index (χ2n) is 5.87. The number of carbonyl (C=O) groups is 1. The van der Waals surface area contributed by atoms with Crippen LogP contribution in [0.2, 0.25) is 10.0 Å². The fourth-order valence-corrected chi connectivity index (χ4v) is 3.34. The lowest BCUT2D eigenvalue weighted by Gasteiger charge is -2.37. The van der Waals surface area contributed by atoms with Gasteiger partial charge in [0, 0.05) is 47.5 Å². The Morgan fingerprint density at radius 1 is 1.00 bits per heavy atom. The van der Waals surface area contributed by atoms with Gasteiger partial charge in [0.05, 0.1) is 0 Å². The SMILES string of the molecule is O=C(c1ccccc1)N1CCN(C(O)Nc2cc(Cl)cc(Cl)c2)CC1. The van der Waals surface area contributed by atoms with E-state index in [2.05, 4.69) is 5.32 Å². The smallest absolute Gasteiger partial charge is 0.253 e. The van der Waals surface area contributed by atoms with E-state index in [4.69, 9.17) is 23.2 Å². The lowest BCUT2D eigenvalue weighted by molar-refractivity contribution is -0.00458. The summed E-state index contributed by atoms with van der Waals surface area (Å²) >= 11 is 11.9. The summed E-state index contributed by atoms with van der Waals surface area (Å²) in [5.41, 5.74) is 1.33. The molecule has 5 nitrogen and oxygen atoms in total. The number of amides is 1. The maximum atomic E-state index is 12.4. The van der Waals surface area contributed by atoms with Crippen LogP contribution in [0.3, 0.4) is 0 Å². The minimum Gasteiger partial charge on any atom is -0.361 e. The first-order valence-electron chi connectivity index (χ1n) is 8.02. The van der Waals surface area contributed by atoms with Gasteiger partial charge >= 0.3 is 0 Å². The van der Waals surface area contributed by atoms with E-state index in [-0.39, 0.29) is 5.91 Å². The van der Waals surface area contributed by atoms with Crippen molar-refractivity contribution in [2.24, 2.45) is 0 Å². The number of rotatable bonds is 4. The van der Waals surface area contributed by atoms with Gasteiger partial charge in [-0.25, -0.2) is 0 Å². The van der Waals surface area contributed by atoms with E-state index in [0.717, 1.165) is 0 Å². The average molecular weight is 380 g/mol. The molecule has 1 atom stereocenters. The molecule has 7 heteroatoms. The molecule has 2 aromatic carbocycles. The quantitative estimate of drug-likeness (QED) is 0.801. The summed E-state index contributed by atoms with van der Waals surface area (Å²) in [4.78, 5) is 16.1. The van der Waals surface area contributed by atoms with Gasteiger partial charge in [-0.1, -0.05) is 41.4 Å². The van der Waals surface area contributed by atoms with Crippen LogP contribution in [0.5, 0.6) is 0 Å². The summed E-state index contributed by atoms with van der Waals surface area (Å²) in [6.45, 7) is 2.26. The van der Waals surface area contributed by atoms with Gasteiger partial charge in [-0.15, -0.1) is 0 Å². The summed E-state index contributed by atoms with van der Waals surface area (Å²) in [6, 6.07) is 14.3. The molecule has 1 saturated heterocycles. The van der Waals surface area contributed by atoms with E-state index >= 15 is 0 Å². The summed E-state index contributed by atoms with van der Waals surface area (Å²) in [5.74, 6) is 0.0179. The summed E-state index contributed by atoms with van der Waals surface area (Å²) in [7, 11) is 0. The van der Waals surface area contributed by atoms with Crippen molar-refractivity contribution in [3.05, 3.63) is 64.1 Å². The number of halogens is 2. The maximum Gasteiger partial charge on any atom is 0.253 e. The Kier molecular flexibility index (Phi) is 5.81. The Hall–Kier alpha value is -1.79. The van der Waals surface area contributed by atoms with E-state index in [9.17, 15) is 9.90 Å². The van der Waals surface area contributed by atoms with E-state index in [1.165, 1.54) is 0 Å². The van der Waals surface area contributed by atoms with Crippen molar-refractivity contribution < 1.29 is 9.90 Å². The van der Waals surface area contributed by atoms with Crippen LogP contribution < -0.4 is 5.32 Å². The zero-order valence-electron chi connectivity index (χ0n) is 13.5. The Balaban J connectivity index is 1.55. The molecular weight excluding hydrogens is 361 g/mol. The molecule has 2 N–H and O–H groups in total. The molecule has 0 aliphatic carbocycles. The Bertz CT molecular complexity index is 714. The van der Waals surface area contributed by atoms with E-state index in [1.54, 1.807) is 23.1 Å². The van der Waals surface area contributed by atoms with Crippen molar-refractivity contribution in [3.63, 3.8) is 0 Å². The highest BCUT2D eigenvalue weighted by atomic mass is 35.5. The first-order valence-corrected chi connectivity index (χ1v) is 8.77. The van der Waals surface area contributed by atoms with Crippen molar-refractivity contribution in [1.82, 2.24) is 9.80 Å². The molecule has 2 aromatic rings. The van der Waals surface area contributed by atoms with Crippen LogP contribution in [0.25, 0.3) is 0 Å². The first kappa shape index (κ1) is 18.0. The van der Waals surface area contributed by atoms with Crippen LogP contribution >= 0.6 is 23.2 Å². The summed E-state index contributed by atoms with van der Waals surface area (Å²) in [5, 5.41) is 14.4. The van der Waals surface area contributed by atoms with Gasteiger partial charge in [-0.2, -0.15) is 0 Å². The van der Waals surface area contributed by atoms with Gasteiger partial charge in [0.1, 0.15) is 0 Å². The number of carbonyl (C=O) groups excluding carboxylic acids is 1. The van der Waals surface area contributed by atoms with Crippen LogP contribution in [0, 0.1) is 0 Å². The molecule has 132 valence electrons. The van der Waals surface area contributed by atoms with Gasteiger partial charge in [0.25, 0.3) is 5.91 Å². The molecule has 25 heavy (non-hydrogen) atoms. The summed E-state index contributed by atoms with van der Waals surface area (Å²) in [6.07, 6.45) is -0.872. The molecular formula is C18H19Cl2N3O2. The third kappa shape index (κ3) is 4.64. The number of piperazine rings is 1. The lowest BCUT2D eigenvalue weighted by Crippen LogP contribution is -2.53. The van der Waals surface area contributed by atoms with Gasteiger partial charge in [-0.05, 0) is 30.3 Å². The zero-order chi connectivity index (χ0) is 17.8. The molecule has 0 spiro atoms. The number of benzene rings is 2. The van der Waals surface area contributed by atoms with Crippen LogP contribution in [-0.2, 0) is 0 Å². The second-order valence-corrected chi connectivity index (χ2v) is 6.74. The van der Waals surface area contributed by atoms with Crippen LogP contribution in [0.15, 0.2) is 48.5 Å². The predicted molar refractivity (Wildman–Crippen MR) is 100 cm³/mol. The zero-order valence-corrected chi connectivity index (χ0v) is 15.0. The molecule has 1 fully saturated rings. The van der Waals surface area contributed by atoms with E-state index < -0.39 is 6.35 Å². The molecule has 0 bridgehead atoms. The van der Waals surface area contributed by atoms with Gasteiger partial charge < -0.3 is 15.3 Å². The number of hydrogen-bond donors (Lipinski definition) is 2. The van der Waals surface area contributed by atoms with Crippen molar-refractivity contribution in [1.29, 1.82) is 0 Å². The van der Waals surface area contributed by atoms with Crippen molar-refractivity contribution in [2.45, 2.75) is 6.35 Å². The molecule has 0 saturated carbocycles. The van der Waals surface area contributed by atoms with Crippen molar-refractivity contribution in [3.8, 4) is 0 Å². The normalized spacial score (nSPS) is 16.5. The van der Waals surface area contributed by atoms with E-state index in [1.807, 2.05) is 35.2 Å². The predicted octanol–water partition coefficient (Wildman–Crippen LogP) is 3.14. The van der Waals surface area contributed by atoms with Crippen LogP contribution in [-0.4, -0.2) is 53.3 Å². The molecule has 0 aromatic heterocycles. The van der Waals surface area contributed by atoms with Gasteiger partial charge in [-0.3, -0.25) is 9.69 Å². The number of nitrogens with zero attached hydrogens (tertiary/aromatic N) is 2. The highest BCUT2D eigenvalue weighted by Crippen LogP contribution is 2.23. The Labute approximate surface area is 156 Å². The summed E-state index contributed by atoms with van der Waals surface area (Å²) < 4.78 is 0. The van der Waals surface area contributed by atoms with Crippen LogP contribution in [0.1, 0.15) is 10.4 Å². The van der Waals surface area contributed by atoms with Gasteiger partial charge in [0.2, 0.25) is 0 Å². The molecule has 1 aliphatic rings. The average Bonchev–Trinajstić information content (AvgIpc) is 2.61. The first-order chi connectivity index (χ1) is 12.0.